The third-order valence-electron chi connectivity index (χ3n) is 4.17. The first kappa shape index (κ1) is 20.1. The monoisotopic (exact) mass is 408 g/mol. The average Bonchev–Trinajstić information content (AvgIpc) is 2.67. The number of amides is 1. The van der Waals surface area contributed by atoms with Gasteiger partial charge in [0.05, 0.1) is 4.90 Å². The quantitative estimate of drug-likeness (QED) is 0.766. The van der Waals surface area contributed by atoms with Gasteiger partial charge in [-0.3, -0.25) is 4.79 Å². The van der Waals surface area contributed by atoms with Crippen LogP contribution in [-0.2, 0) is 14.8 Å². The van der Waals surface area contributed by atoms with E-state index in [1.807, 2.05) is 0 Å². The summed E-state index contributed by atoms with van der Waals surface area (Å²) >= 11 is 0. The lowest BCUT2D eigenvalue weighted by Gasteiger charge is -2.23. The lowest BCUT2D eigenvalue weighted by Crippen LogP contribution is -2.47. The Balaban J connectivity index is 1.79. The number of carbonyl (C=O) groups is 1. The van der Waals surface area contributed by atoms with Gasteiger partial charge in [0, 0.05) is 11.8 Å². The fourth-order valence-corrected chi connectivity index (χ4v) is 4.03. The summed E-state index contributed by atoms with van der Waals surface area (Å²) in [5.74, 6) is -0.487. The predicted octanol–water partition coefficient (Wildman–Crippen LogP) is 2.54. The molecule has 2 N–H and O–H groups in total. The van der Waals surface area contributed by atoms with Gasteiger partial charge in [-0.25, -0.2) is 12.8 Å². The molecule has 1 aliphatic heterocycles. The van der Waals surface area contributed by atoms with Crippen molar-refractivity contribution in [1.82, 2.24) is 4.72 Å². The molecule has 28 heavy (non-hydrogen) atoms. The molecule has 1 unspecified atom stereocenters. The third-order valence-corrected chi connectivity index (χ3v) is 5.61. The Kier molecular flexibility index (Phi) is 5.85. The minimum Gasteiger partial charge on any atom is -0.486 e. The molecule has 1 amide bonds. The van der Waals surface area contributed by atoms with E-state index in [0.717, 1.165) is 0 Å². The summed E-state index contributed by atoms with van der Waals surface area (Å²) in [6.07, 6.45) is 0. The Bertz CT molecular complexity index is 961. The number of halogens is 1. The van der Waals surface area contributed by atoms with Gasteiger partial charge in [0.25, 0.3) is 0 Å². The van der Waals surface area contributed by atoms with E-state index >= 15 is 0 Å². The van der Waals surface area contributed by atoms with Gasteiger partial charge in [-0.2, -0.15) is 4.72 Å². The van der Waals surface area contributed by atoms with Crippen LogP contribution in [0.15, 0.2) is 47.4 Å². The lowest BCUT2D eigenvalue weighted by atomic mass is 10.0. The zero-order valence-electron chi connectivity index (χ0n) is 15.4. The number of sulfonamides is 1. The van der Waals surface area contributed by atoms with E-state index in [0.29, 0.717) is 30.4 Å². The highest BCUT2D eigenvalue weighted by Gasteiger charge is 2.29. The molecule has 9 heteroatoms. The Hall–Kier alpha value is -2.65. The highest BCUT2D eigenvalue weighted by atomic mass is 32.2. The maximum Gasteiger partial charge on any atom is 0.242 e. The molecule has 1 heterocycles. The van der Waals surface area contributed by atoms with Crippen LogP contribution < -0.4 is 19.5 Å². The van der Waals surface area contributed by atoms with Gasteiger partial charge in [0.2, 0.25) is 15.9 Å². The smallest absolute Gasteiger partial charge is 0.242 e. The molecule has 2 aromatic rings. The molecule has 2 aromatic carbocycles. The Morgan fingerprint density at radius 2 is 1.68 bits per heavy atom. The second-order valence-electron chi connectivity index (χ2n) is 6.64. The van der Waals surface area contributed by atoms with Crippen molar-refractivity contribution in [3.8, 4) is 11.5 Å². The van der Waals surface area contributed by atoms with Gasteiger partial charge >= 0.3 is 0 Å². The van der Waals surface area contributed by atoms with Crippen LogP contribution in [0.1, 0.15) is 13.8 Å². The predicted molar refractivity (Wildman–Crippen MR) is 101 cm³/mol. The van der Waals surface area contributed by atoms with Crippen molar-refractivity contribution in [2.75, 3.05) is 18.5 Å². The Labute approximate surface area is 162 Å². The van der Waals surface area contributed by atoms with Crippen molar-refractivity contribution in [1.29, 1.82) is 0 Å². The zero-order valence-corrected chi connectivity index (χ0v) is 16.3. The molecule has 0 spiro atoms. The topological polar surface area (TPSA) is 93.7 Å². The van der Waals surface area contributed by atoms with E-state index in [1.165, 1.54) is 42.5 Å². The second-order valence-corrected chi connectivity index (χ2v) is 8.36. The van der Waals surface area contributed by atoms with Crippen molar-refractivity contribution in [2.45, 2.75) is 24.8 Å². The van der Waals surface area contributed by atoms with E-state index in [9.17, 15) is 17.6 Å². The van der Waals surface area contributed by atoms with Crippen molar-refractivity contribution in [3.63, 3.8) is 0 Å². The van der Waals surface area contributed by atoms with E-state index in [4.69, 9.17) is 9.47 Å². The molecule has 7 nitrogen and oxygen atoms in total. The molecule has 0 aliphatic carbocycles. The van der Waals surface area contributed by atoms with Crippen LogP contribution in [0.5, 0.6) is 11.5 Å². The molecule has 1 atom stereocenters. The van der Waals surface area contributed by atoms with Gasteiger partial charge in [-0.1, -0.05) is 13.8 Å². The standard InChI is InChI=1S/C19H21FN2O5S/c1-12(2)18(19(23)21-14-5-3-13(20)4-6-14)22-28(24,25)15-7-8-16-17(11-15)27-10-9-26-16/h3-8,11-12,18,22H,9-10H2,1-2H3,(H,21,23). The number of hydrogen-bond donors (Lipinski definition) is 2. The van der Waals surface area contributed by atoms with Gasteiger partial charge in [0.15, 0.2) is 11.5 Å². The van der Waals surface area contributed by atoms with Crippen molar-refractivity contribution < 1.29 is 27.1 Å². The molecular formula is C19H21FN2O5S. The van der Waals surface area contributed by atoms with Crippen LogP contribution in [0.25, 0.3) is 0 Å². The number of benzene rings is 2. The highest BCUT2D eigenvalue weighted by Crippen LogP contribution is 2.32. The Morgan fingerprint density at radius 1 is 1.04 bits per heavy atom. The molecule has 0 aromatic heterocycles. The molecule has 0 saturated carbocycles. The van der Waals surface area contributed by atoms with Crippen LogP contribution in [0.4, 0.5) is 10.1 Å². The zero-order chi connectivity index (χ0) is 20.3. The number of nitrogens with one attached hydrogen (secondary N) is 2. The lowest BCUT2D eigenvalue weighted by molar-refractivity contribution is -0.118. The first-order chi connectivity index (χ1) is 13.3. The molecule has 0 radical (unpaired) electrons. The third kappa shape index (κ3) is 4.60. The first-order valence-electron chi connectivity index (χ1n) is 8.75. The summed E-state index contributed by atoms with van der Waals surface area (Å²) in [7, 11) is -3.99. The van der Waals surface area contributed by atoms with Crippen molar-refractivity contribution in [3.05, 3.63) is 48.3 Å². The van der Waals surface area contributed by atoms with Gasteiger partial charge in [-0.15, -0.1) is 0 Å². The van der Waals surface area contributed by atoms with Crippen LogP contribution in [0, 0.1) is 11.7 Å². The molecule has 0 fully saturated rings. The maximum absolute atomic E-state index is 13.0. The number of fused-ring (bicyclic) bond motifs is 1. The fraction of sp³-hybridized carbons (Fsp3) is 0.316. The molecular weight excluding hydrogens is 387 g/mol. The average molecular weight is 408 g/mol. The number of ether oxygens (including phenoxy) is 2. The number of anilines is 1. The number of carbonyl (C=O) groups excluding carboxylic acids is 1. The minimum atomic E-state index is -3.99. The second kappa shape index (κ2) is 8.15. The summed E-state index contributed by atoms with van der Waals surface area (Å²) in [5.41, 5.74) is 0.371. The summed E-state index contributed by atoms with van der Waals surface area (Å²) < 4.78 is 51.9. The van der Waals surface area contributed by atoms with Crippen LogP contribution >= 0.6 is 0 Å². The molecule has 0 bridgehead atoms. The van der Waals surface area contributed by atoms with Crippen LogP contribution in [0.3, 0.4) is 0 Å². The Morgan fingerprint density at radius 3 is 2.32 bits per heavy atom. The maximum atomic E-state index is 13.0. The largest absolute Gasteiger partial charge is 0.486 e. The van der Waals surface area contributed by atoms with E-state index in [1.54, 1.807) is 13.8 Å². The summed E-state index contributed by atoms with van der Waals surface area (Å²) in [5, 5.41) is 2.60. The fourth-order valence-electron chi connectivity index (χ4n) is 2.67. The highest BCUT2D eigenvalue weighted by molar-refractivity contribution is 7.89. The molecule has 1 aliphatic rings. The van der Waals surface area contributed by atoms with Crippen LogP contribution in [-0.4, -0.2) is 33.6 Å². The molecule has 150 valence electrons. The molecule has 0 saturated heterocycles. The van der Waals surface area contributed by atoms with Crippen molar-refractivity contribution in [2.24, 2.45) is 5.92 Å². The number of hydrogen-bond acceptors (Lipinski definition) is 5. The number of rotatable bonds is 6. The summed E-state index contributed by atoms with van der Waals surface area (Å²) in [6.45, 7) is 4.18. The SMILES string of the molecule is CC(C)C(NS(=O)(=O)c1ccc2c(c1)OCCO2)C(=O)Nc1ccc(F)cc1. The van der Waals surface area contributed by atoms with Gasteiger partial charge in [-0.05, 0) is 42.3 Å². The molecule has 3 rings (SSSR count). The summed E-state index contributed by atoms with van der Waals surface area (Å²) in [6, 6.07) is 8.48. The summed E-state index contributed by atoms with van der Waals surface area (Å²) in [4.78, 5) is 12.6. The van der Waals surface area contributed by atoms with Gasteiger partial charge in [0.1, 0.15) is 25.1 Å². The van der Waals surface area contributed by atoms with Gasteiger partial charge < -0.3 is 14.8 Å². The van der Waals surface area contributed by atoms with Crippen LogP contribution in [0.2, 0.25) is 0 Å². The van der Waals surface area contributed by atoms with E-state index in [2.05, 4.69) is 10.0 Å². The van der Waals surface area contributed by atoms with E-state index < -0.39 is 27.8 Å². The van der Waals surface area contributed by atoms with E-state index in [-0.39, 0.29) is 10.8 Å². The minimum absolute atomic E-state index is 0.0306. The van der Waals surface area contributed by atoms with Crippen molar-refractivity contribution >= 4 is 21.6 Å². The normalized spacial score (nSPS) is 14.6. The first-order valence-corrected chi connectivity index (χ1v) is 10.2.